The quantitative estimate of drug-likeness (QED) is 0.305. The number of halogens is 2. The molecular weight excluding hydrogens is 460 g/mol. The van der Waals surface area contributed by atoms with Gasteiger partial charge in [0.05, 0.1) is 23.4 Å². The lowest BCUT2D eigenvalue weighted by Gasteiger charge is -2.41. The van der Waals surface area contributed by atoms with Crippen molar-refractivity contribution in [1.29, 1.82) is 0 Å². The summed E-state index contributed by atoms with van der Waals surface area (Å²) in [6, 6.07) is 7.15. The van der Waals surface area contributed by atoms with E-state index in [1.165, 1.54) is 10.9 Å². The van der Waals surface area contributed by atoms with Gasteiger partial charge in [0.2, 0.25) is 5.91 Å². The van der Waals surface area contributed by atoms with E-state index < -0.39 is 6.29 Å². The number of aromatic amines is 1. The number of carbonyl (C=O) groups is 1. The number of fused-ring (bicyclic) bond motifs is 1. The Balaban J connectivity index is 1.45. The van der Waals surface area contributed by atoms with Gasteiger partial charge in [-0.05, 0) is 44.4 Å². The third kappa shape index (κ3) is 4.26. The van der Waals surface area contributed by atoms with Crippen LogP contribution in [0.4, 0.5) is 0 Å². The van der Waals surface area contributed by atoms with Crippen LogP contribution in [0.5, 0.6) is 0 Å². The molecular formula is C19H22BrClN6O2. The maximum absolute atomic E-state index is 12.7. The van der Waals surface area contributed by atoms with Gasteiger partial charge in [0, 0.05) is 21.6 Å². The molecule has 1 saturated carbocycles. The van der Waals surface area contributed by atoms with Crippen LogP contribution >= 0.6 is 27.5 Å². The summed E-state index contributed by atoms with van der Waals surface area (Å²) in [6.45, 7) is 1.80. The van der Waals surface area contributed by atoms with Crippen LogP contribution < -0.4 is 21.6 Å². The topological polar surface area (TPSA) is 103 Å². The summed E-state index contributed by atoms with van der Waals surface area (Å²) >= 11 is 9.63. The van der Waals surface area contributed by atoms with Gasteiger partial charge in [-0.1, -0.05) is 33.6 Å². The van der Waals surface area contributed by atoms with E-state index in [2.05, 4.69) is 42.2 Å². The van der Waals surface area contributed by atoms with Crippen molar-refractivity contribution in [2.75, 3.05) is 0 Å². The van der Waals surface area contributed by atoms with Gasteiger partial charge < -0.3 is 5.32 Å². The van der Waals surface area contributed by atoms with Gasteiger partial charge in [-0.2, -0.15) is 5.10 Å². The molecule has 1 amide bonds. The molecule has 29 heavy (non-hydrogen) atoms. The molecule has 2 heterocycles. The zero-order valence-corrected chi connectivity index (χ0v) is 18.1. The first-order chi connectivity index (χ1) is 13.9. The van der Waals surface area contributed by atoms with E-state index in [9.17, 15) is 9.59 Å². The fourth-order valence-electron chi connectivity index (χ4n) is 3.87. The van der Waals surface area contributed by atoms with Gasteiger partial charge in [0.15, 0.2) is 6.29 Å². The lowest BCUT2D eigenvalue weighted by molar-refractivity contribution is -0.131. The molecule has 0 spiro atoms. The van der Waals surface area contributed by atoms with Crippen molar-refractivity contribution in [3.8, 4) is 5.69 Å². The summed E-state index contributed by atoms with van der Waals surface area (Å²) in [6.07, 6.45) is 3.77. The van der Waals surface area contributed by atoms with Crippen LogP contribution in [-0.2, 0) is 4.79 Å². The molecule has 1 aliphatic carbocycles. The standard InChI is InChI=1S/C19H22BrClN6O2/c1-10-15(18(29)27(26-10)13-4-2-3-12(21)8-13)9-22-25-19-23-16-6-5-11(20)7-14(16)17(28)24-19/h2-4,8-9,11,14,16,19,23,25-26H,5-7H2,1H3,(H,24,28)/b22-9+. The van der Waals surface area contributed by atoms with Crippen molar-refractivity contribution in [2.45, 2.75) is 43.3 Å². The van der Waals surface area contributed by atoms with Gasteiger partial charge in [-0.25, -0.2) is 4.68 Å². The zero-order valence-electron chi connectivity index (χ0n) is 15.8. The molecule has 10 heteroatoms. The smallest absolute Gasteiger partial charge is 0.280 e. The number of carbonyl (C=O) groups excluding carboxylic acids is 1. The Bertz CT molecular complexity index is 1000. The second-order valence-electron chi connectivity index (χ2n) is 7.39. The maximum atomic E-state index is 12.7. The number of alkyl halides is 1. The molecule has 4 atom stereocenters. The highest BCUT2D eigenvalue weighted by molar-refractivity contribution is 9.09. The summed E-state index contributed by atoms with van der Waals surface area (Å²) < 4.78 is 1.42. The van der Waals surface area contributed by atoms with E-state index in [0.29, 0.717) is 26.8 Å². The highest BCUT2D eigenvalue weighted by Crippen LogP contribution is 2.31. The van der Waals surface area contributed by atoms with Crippen LogP contribution in [0.2, 0.25) is 5.02 Å². The number of hydrazone groups is 1. The minimum absolute atomic E-state index is 0.0201. The largest absolute Gasteiger partial charge is 0.322 e. The van der Waals surface area contributed by atoms with Gasteiger partial charge in [0.25, 0.3) is 5.56 Å². The van der Waals surface area contributed by atoms with Crippen molar-refractivity contribution in [3.05, 3.63) is 50.9 Å². The van der Waals surface area contributed by atoms with Crippen molar-refractivity contribution in [3.63, 3.8) is 0 Å². The average Bonchev–Trinajstić information content (AvgIpc) is 2.97. The van der Waals surface area contributed by atoms with Crippen LogP contribution in [-0.4, -0.2) is 39.1 Å². The van der Waals surface area contributed by atoms with Crippen LogP contribution in [0.1, 0.15) is 30.5 Å². The maximum Gasteiger partial charge on any atom is 0.280 e. The molecule has 4 rings (SSSR count). The summed E-state index contributed by atoms with van der Waals surface area (Å²) in [5.41, 5.74) is 4.41. The number of aromatic nitrogens is 2. The molecule has 1 aromatic heterocycles. The molecule has 0 radical (unpaired) electrons. The summed E-state index contributed by atoms with van der Waals surface area (Å²) in [5.74, 6) is -0.0151. The third-order valence-corrected chi connectivity index (χ3v) is 6.44. The van der Waals surface area contributed by atoms with E-state index in [0.717, 1.165) is 19.3 Å². The minimum Gasteiger partial charge on any atom is -0.322 e. The lowest BCUT2D eigenvalue weighted by atomic mass is 9.82. The van der Waals surface area contributed by atoms with E-state index in [4.69, 9.17) is 11.6 Å². The Morgan fingerprint density at radius 2 is 2.17 bits per heavy atom. The van der Waals surface area contributed by atoms with Gasteiger partial charge >= 0.3 is 0 Å². The number of hydrogen-bond acceptors (Lipinski definition) is 5. The number of H-pyrrole nitrogens is 1. The fraction of sp³-hybridized carbons (Fsp3) is 0.421. The van der Waals surface area contributed by atoms with Gasteiger partial charge in [-0.15, -0.1) is 0 Å². The average molecular weight is 482 g/mol. The van der Waals surface area contributed by atoms with Gasteiger partial charge in [-0.3, -0.25) is 25.4 Å². The third-order valence-electron chi connectivity index (χ3n) is 5.37. The van der Waals surface area contributed by atoms with Crippen LogP contribution in [0.25, 0.3) is 5.69 Å². The Kier molecular flexibility index (Phi) is 5.80. The molecule has 154 valence electrons. The molecule has 1 saturated heterocycles. The molecule has 4 unspecified atom stereocenters. The molecule has 8 nitrogen and oxygen atoms in total. The first kappa shape index (κ1) is 20.2. The van der Waals surface area contributed by atoms with Crippen LogP contribution in [0, 0.1) is 12.8 Å². The van der Waals surface area contributed by atoms with E-state index >= 15 is 0 Å². The van der Waals surface area contributed by atoms with E-state index in [-0.39, 0.29) is 23.4 Å². The van der Waals surface area contributed by atoms with Gasteiger partial charge in [0.1, 0.15) is 0 Å². The Hall–Kier alpha value is -2.10. The predicted octanol–water partition coefficient (Wildman–Crippen LogP) is 1.99. The molecule has 2 aromatic rings. The van der Waals surface area contributed by atoms with Crippen LogP contribution in [0.3, 0.4) is 0 Å². The van der Waals surface area contributed by atoms with E-state index in [1.54, 1.807) is 31.2 Å². The highest BCUT2D eigenvalue weighted by atomic mass is 79.9. The summed E-state index contributed by atoms with van der Waals surface area (Å²) in [4.78, 5) is 25.5. The Morgan fingerprint density at radius 1 is 1.34 bits per heavy atom. The summed E-state index contributed by atoms with van der Waals surface area (Å²) in [5, 5.41) is 14.0. The molecule has 0 bridgehead atoms. The van der Waals surface area contributed by atoms with E-state index in [1.807, 2.05) is 0 Å². The SMILES string of the molecule is Cc1[nH]n(-c2cccc(Cl)c2)c(=O)c1/C=N/NC1NC(=O)C2CC(Br)CCC2N1. The number of aryl methyl sites for hydroxylation is 1. The van der Waals surface area contributed by atoms with Crippen molar-refractivity contribution in [1.82, 2.24) is 25.8 Å². The predicted molar refractivity (Wildman–Crippen MR) is 116 cm³/mol. The Morgan fingerprint density at radius 3 is 2.97 bits per heavy atom. The Labute approximate surface area is 181 Å². The molecule has 1 aromatic carbocycles. The minimum atomic E-state index is -0.471. The monoisotopic (exact) mass is 480 g/mol. The molecule has 2 fully saturated rings. The number of benzene rings is 1. The van der Waals surface area contributed by atoms with Crippen molar-refractivity contribution in [2.24, 2.45) is 11.0 Å². The van der Waals surface area contributed by atoms with Crippen molar-refractivity contribution < 1.29 is 4.79 Å². The summed E-state index contributed by atoms with van der Waals surface area (Å²) in [7, 11) is 0. The van der Waals surface area contributed by atoms with Crippen LogP contribution in [0.15, 0.2) is 34.2 Å². The number of nitrogens with one attached hydrogen (secondary N) is 4. The lowest BCUT2D eigenvalue weighted by Crippen LogP contribution is -2.66. The fourth-order valence-corrected chi connectivity index (χ4v) is 4.72. The second-order valence-corrected chi connectivity index (χ2v) is 9.12. The number of rotatable bonds is 4. The highest BCUT2D eigenvalue weighted by Gasteiger charge is 2.39. The first-order valence-electron chi connectivity index (χ1n) is 9.49. The first-order valence-corrected chi connectivity index (χ1v) is 10.8. The molecule has 2 aliphatic rings. The zero-order chi connectivity index (χ0) is 20.5. The van der Waals surface area contributed by atoms with Crippen molar-refractivity contribution >= 4 is 39.7 Å². The number of amides is 1. The molecule has 1 aliphatic heterocycles. The number of hydrogen-bond donors (Lipinski definition) is 4. The molecule has 4 N–H and O–H groups in total. The second kappa shape index (κ2) is 8.33. The number of nitrogens with zero attached hydrogens (tertiary/aromatic N) is 2. The normalized spacial score (nSPS) is 26.9.